The number of nitrogens with one attached hydrogen (secondary N) is 2. The van der Waals surface area contributed by atoms with Crippen LogP contribution in [0.25, 0.3) is 0 Å². The number of rotatable bonds is 4. The molecule has 1 saturated heterocycles. The van der Waals surface area contributed by atoms with E-state index in [4.69, 9.17) is 0 Å². The Bertz CT molecular complexity index is 789. The Kier molecular flexibility index (Phi) is 6.12. The first-order chi connectivity index (χ1) is 13.0. The lowest BCUT2D eigenvalue weighted by Crippen LogP contribution is -2.47. The molecule has 0 aliphatic carbocycles. The molecule has 0 radical (unpaired) electrons. The number of carbonyl (C=O) groups is 2. The fourth-order valence-electron chi connectivity index (χ4n) is 3.43. The van der Waals surface area contributed by atoms with E-state index >= 15 is 0 Å². The van der Waals surface area contributed by atoms with Crippen LogP contribution in [0.4, 0.5) is 10.5 Å². The van der Waals surface area contributed by atoms with Crippen molar-refractivity contribution in [2.24, 2.45) is 0 Å². The third kappa shape index (κ3) is 5.09. The molecule has 1 heterocycles. The zero-order valence-electron chi connectivity index (χ0n) is 15.9. The van der Waals surface area contributed by atoms with Gasteiger partial charge in [-0.2, -0.15) is 0 Å². The number of likely N-dealkylation sites (tertiary alicyclic amines) is 1. The third-order valence-corrected chi connectivity index (χ3v) is 4.77. The summed E-state index contributed by atoms with van der Waals surface area (Å²) >= 11 is 0. The predicted molar refractivity (Wildman–Crippen MR) is 108 cm³/mol. The van der Waals surface area contributed by atoms with Crippen LogP contribution in [0.2, 0.25) is 0 Å². The second-order valence-corrected chi connectivity index (χ2v) is 7.33. The van der Waals surface area contributed by atoms with Gasteiger partial charge in [-0.3, -0.25) is 4.79 Å². The monoisotopic (exact) mass is 365 g/mol. The minimum atomic E-state index is -0.117. The van der Waals surface area contributed by atoms with Crippen LogP contribution in [0.1, 0.15) is 48.5 Å². The number of benzene rings is 2. The van der Waals surface area contributed by atoms with Crippen LogP contribution in [-0.2, 0) is 0 Å². The van der Waals surface area contributed by atoms with Crippen molar-refractivity contribution in [1.29, 1.82) is 0 Å². The fraction of sp³-hybridized carbons (Fsp3) is 0.364. The summed E-state index contributed by atoms with van der Waals surface area (Å²) in [5.41, 5.74) is 2.53. The van der Waals surface area contributed by atoms with E-state index in [0.717, 1.165) is 30.6 Å². The maximum atomic E-state index is 12.6. The van der Waals surface area contributed by atoms with Crippen LogP contribution >= 0.6 is 0 Å². The van der Waals surface area contributed by atoms with E-state index in [-0.39, 0.29) is 23.9 Å². The molecule has 2 aromatic rings. The quantitative estimate of drug-likeness (QED) is 0.851. The summed E-state index contributed by atoms with van der Waals surface area (Å²) in [6, 6.07) is 17.3. The summed E-state index contributed by atoms with van der Waals surface area (Å²) in [6.07, 6.45) is 1.99. The second-order valence-electron chi connectivity index (χ2n) is 7.33. The summed E-state index contributed by atoms with van der Waals surface area (Å²) in [5.74, 6) is 0.134. The zero-order valence-corrected chi connectivity index (χ0v) is 15.9. The van der Waals surface area contributed by atoms with Gasteiger partial charge in [-0.1, -0.05) is 30.3 Å². The Hall–Kier alpha value is -2.82. The summed E-state index contributed by atoms with van der Waals surface area (Å²) in [4.78, 5) is 26.8. The standard InChI is InChI=1S/C22H27N3O2/c1-16(2)23-22(27)25-13-7-10-19(15-25)17-8-6-9-18(14-17)21(26)24-20-11-4-3-5-12-20/h3-6,8-9,11-12,14,16,19H,7,10,13,15H2,1-2H3,(H,23,27)(H,24,26). The average Bonchev–Trinajstić information content (AvgIpc) is 2.68. The van der Waals surface area contributed by atoms with E-state index in [0.29, 0.717) is 12.1 Å². The van der Waals surface area contributed by atoms with Gasteiger partial charge in [0, 0.05) is 36.3 Å². The Morgan fingerprint density at radius 1 is 1.07 bits per heavy atom. The van der Waals surface area contributed by atoms with Crippen molar-refractivity contribution >= 4 is 17.6 Å². The Morgan fingerprint density at radius 3 is 2.59 bits per heavy atom. The average molecular weight is 365 g/mol. The molecule has 5 heteroatoms. The number of hydrogen-bond acceptors (Lipinski definition) is 2. The Labute approximate surface area is 160 Å². The lowest BCUT2D eigenvalue weighted by Gasteiger charge is -2.33. The molecule has 1 aliphatic heterocycles. The molecular weight excluding hydrogens is 338 g/mol. The molecule has 3 rings (SSSR count). The Morgan fingerprint density at radius 2 is 1.85 bits per heavy atom. The van der Waals surface area contributed by atoms with Gasteiger partial charge >= 0.3 is 6.03 Å². The fourth-order valence-corrected chi connectivity index (χ4v) is 3.43. The van der Waals surface area contributed by atoms with Gasteiger partial charge < -0.3 is 15.5 Å². The van der Waals surface area contributed by atoms with E-state index in [1.54, 1.807) is 0 Å². The first-order valence-corrected chi connectivity index (χ1v) is 9.54. The highest BCUT2D eigenvalue weighted by Gasteiger charge is 2.25. The van der Waals surface area contributed by atoms with Gasteiger partial charge in [-0.05, 0) is 56.5 Å². The van der Waals surface area contributed by atoms with Gasteiger partial charge in [0.15, 0.2) is 0 Å². The van der Waals surface area contributed by atoms with Crippen LogP contribution in [0.15, 0.2) is 54.6 Å². The molecule has 5 nitrogen and oxygen atoms in total. The van der Waals surface area contributed by atoms with Crippen LogP contribution in [0.3, 0.4) is 0 Å². The van der Waals surface area contributed by atoms with Gasteiger partial charge in [0.05, 0.1) is 0 Å². The molecular formula is C22H27N3O2. The molecule has 142 valence electrons. The summed E-state index contributed by atoms with van der Waals surface area (Å²) in [6.45, 7) is 5.40. The SMILES string of the molecule is CC(C)NC(=O)N1CCCC(c2cccc(C(=O)Nc3ccccc3)c2)C1. The van der Waals surface area contributed by atoms with Crippen molar-refractivity contribution < 1.29 is 9.59 Å². The topological polar surface area (TPSA) is 61.4 Å². The molecule has 27 heavy (non-hydrogen) atoms. The number of para-hydroxylation sites is 1. The summed E-state index contributed by atoms with van der Waals surface area (Å²) < 4.78 is 0. The number of amides is 3. The first-order valence-electron chi connectivity index (χ1n) is 9.54. The van der Waals surface area contributed by atoms with Crippen molar-refractivity contribution in [3.05, 3.63) is 65.7 Å². The van der Waals surface area contributed by atoms with Crippen molar-refractivity contribution in [3.8, 4) is 0 Å². The van der Waals surface area contributed by atoms with Gasteiger partial charge in [0.2, 0.25) is 0 Å². The lowest BCUT2D eigenvalue weighted by atomic mass is 9.89. The largest absolute Gasteiger partial charge is 0.336 e. The molecule has 0 spiro atoms. The first kappa shape index (κ1) is 19.0. The number of hydrogen-bond donors (Lipinski definition) is 2. The number of carbonyl (C=O) groups excluding carboxylic acids is 2. The molecule has 3 amide bonds. The van der Waals surface area contributed by atoms with Gasteiger partial charge in [0.1, 0.15) is 0 Å². The number of piperidine rings is 1. The predicted octanol–water partition coefficient (Wildman–Crippen LogP) is 4.24. The smallest absolute Gasteiger partial charge is 0.317 e. The summed E-state index contributed by atoms with van der Waals surface area (Å²) in [5, 5.41) is 5.89. The highest BCUT2D eigenvalue weighted by molar-refractivity contribution is 6.04. The Balaban J connectivity index is 1.69. The highest BCUT2D eigenvalue weighted by Crippen LogP contribution is 2.27. The van der Waals surface area contributed by atoms with Gasteiger partial charge in [0.25, 0.3) is 5.91 Å². The van der Waals surface area contributed by atoms with E-state index in [2.05, 4.69) is 10.6 Å². The minimum Gasteiger partial charge on any atom is -0.336 e. The molecule has 2 aromatic carbocycles. The number of nitrogens with zero attached hydrogens (tertiary/aromatic N) is 1. The van der Waals surface area contributed by atoms with E-state index in [1.807, 2.05) is 73.3 Å². The number of anilines is 1. The minimum absolute atomic E-state index is 0.00678. The molecule has 1 fully saturated rings. The van der Waals surface area contributed by atoms with Crippen molar-refractivity contribution in [2.45, 2.75) is 38.6 Å². The molecule has 0 aromatic heterocycles. The van der Waals surface area contributed by atoms with Crippen LogP contribution in [0.5, 0.6) is 0 Å². The maximum Gasteiger partial charge on any atom is 0.317 e. The highest BCUT2D eigenvalue weighted by atomic mass is 16.2. The van der Waals surface area contributed by atoms with Crippen molar-refractivity contribution in [1.82, 2.24) is 10.2 Å². The third-order valence-electron chi connectivity index (χ3n) is 4.77. The lowest BCUT2D eigenvalue weighted by molar-refractivity contribution is 0.102. The van der Waals surface area contributed by atoms with Crippen molar-refractivity contribution in [3.63, 3.8) is 0 Å². The molecule has 1 atom stereocenters. The zero-order chi connectivity index (χ0) is 19.2. The van der Waals surface area contributed by atoms with Crippen LogP contribution in [-0.4, -0.2) is 36.0 Å². The van der Waals surface area contributed by atoms with Crippen LogP contribution < -0.4 is 10.6 Å². The molecule has 1 aliphatic rings. The van der Waals surface area contributed by atoms with E-state index in [9.17, 15) is 9.59 Å². The van der Waals surface area contributed by atoms with E-state index < -0.39 is 0 Å². The van der Waals surface area contributed by atoms with Gasteiger partial charge in [-0.25, -0.2) is 4.79 Å². The summed E-state index contributed by atoms with van der Waals surface area (Å²) in [7, 11) is 0. The van der Waals surface area contributed by atoms with Gasteiger partial charge in [-0.15, -0.1) is 0 Å². The molecule has 0 saturated carbocycles. The van der Waals surface area contributed by atoms with Crippen molar-refractivity contribution in [2.75, 3.05) is 18.4 Å². The maximum absolute atomic E-state index is 12.6. The van der Waals surface area contributed by atoms with E-state index in [1.165, 1.54) is 0 Å². The van der Waals surface area contributed by atoms with Crippen LogP contribution in [0, 0.1) is 0 Å². The molecule has 0 bridgehead atoms. The normalized spacial score (nSPS) is 16.9. The number of urea groups is 1. The molecule has 1 unspecified atom stereocenters. The molecule has 2 N–H and O–H groups in total. The second kappa shape index (κ2) is 8.71.